The maximum Gasteiger partial charge on any atom is 0.250 e. The van der Waals surface area contributed by atoms with E-state index in [4.69, 9.17) is 0 Å². The van der Waals surface area contributed by atoms with Crippen LogP contribution in [0.5, 0.6) is 0 Å². The molecule has 1 atom stereocenters. The summed E-state index contributed by atoms with van der Waals surface area (Å²) >= 11 is 0. The number of nitrogens with zero attached hydrogens (tertiary/aromatic N) is 3. The fraction of sp³-hybridized carbons (Fsp3) is 0.440. The zero-order valence-corrected chi connectivity index (χ0v) is 17.6. The van der Waals surface area contributed by atoms with Gasteiger partial charge in [0.1, 0.15) is 6.04 Å². The zero-order valence-electron chi connectivity index (χ0n) is 17.6. The molecule has 0 spiro atoms. The molecule has 5 nitrogen and oxygen atoms in total. The molecule has 2 heterocycles. The van der Waals surface area contributed by atoms with E-state index in [2.05, 4.69) is 29.2 Å². The standard InChI is InChI=1S/C25H31N3O2/c29-23-13-7-8-15-28(23)24(22-11-5-2-6-12-22)25(30)27-19-17-26(18-20-27)16-14-21-9-3-1-4-10-21/h1-6,9-12,24H,7-8,13-20H2. The first-order chi connectivity index (χ1) is 14.7. The summed E-state index contributed by atoms with van der Waals surface area (Å²) in [5, 5.41) is 0. The van der Waals surface area contributed by atoms with Crippen LogP contribution in [0.3, 0.4) is 0 Å². The van der Waals surface area contributed by atoms with Crippen molar-refractivity contribution in [1.29, 1.82) is 0 Å². The van der Waals surface area contributed by atoms with Crippen LogP contribution < -0.4 is 0 Å². The number of carbonyl (C=O) groups excluding carboxylic acids is 2. The van der Waals surface area contributed by atoms with Gasteiger partial charge < -0.3 is 9.80 Å². The van der Waals surface area contributed by atoms with Crippen LogP contribution in [0.1, 0.15) is 36.4 Å². The first-order valence-corrected chi connectivity index (χ1v) is 11.1. The Bertz CT molecular complexity index is 832. The maximum absolute atomic E-state index is 13.5. The molecule has 4 rings (SSSR count). The Labute approximate surface area is 179 Å². The van der Waals surface area contributed by atoms with Crippen molar-refractivity contribution >= 4 is 11.8 Å². The Balaban J connectivity index is 1.39. The van der Waals surface area contributed by atoms with E-state index in [1.54, 1.807) is 0 Å². The molecule has 0 aliphatic carbocycles. The lowest BCUT2D eigenvalue weighted by Gasteiger charge is -2.40. The van der Waals surface area contributed by atoms with Crippen LogP contribution >= 0.6 is 0 Å². The topological polar surface area (TPSA) is 43.9 Å². The second-order valence-corrected chi connectivity index (χ2v) is 8.26. The van der Waals surface area contributed by atoms with Crippen molar-refractivity contribution in [3.8, 4) is 0 Å². The van der Waals surface area contributed by atoms with Gasteiger partial charge in [0, 0.05) is 45.7 Å². The molecular formula is C25H31N3O2. The average Bonchev–Trinajstić information content (AvgIpc) is 2.81. The highest BCUT2D eigenvalue weighted by Crippen LogP contribution is 2.28. The van der Waals surface area contributed by atoms with Crippen molar-refractivity contribution < 1.29 is 9.59 Å². The van der Waals surface area contributed by atoms with E-state index in [-0.39, 0.29) is 11.8 Å². The van der Waals surface area contributed by atoms with Crippen molar-refractivity contribution in [2.24, 2.45) is 0 Å². The minimum Gasteiger partial charge on any atom is -0.338 e. The largest absolute Gasteiger partial charge is 0.338 e. The summed E-state index contributed by atoms with van der Waals surface area (Å²) in [6, 6.07) is 19.8. The Kier molecular flexibility index (Phi) is 6.80. The van der Waals surface area contributed by atoms with Gasteiger partial charge in [-0.3, -0.25) is 14.5 Å². The van der Waals surface area contributed by atoms with Crippen LogP contribution in [0.4, 0.5) is 0 Å². The zero-order chi connectivity index (χ0) is 20.8. The molecule has 2 aromatic carbocycles. The average molecular weight is 406 g/mol. The van der Waals surface area contributed by atoms with Gasteiger partial charge in [-0.05, 0) is 30.4 Å². The molecule has 2 saturated heterocycles. The first-order valence-electron chi connectivity index (χ1n) is 11.1. The number of piperidine rings is 1. The third-order valence-electron chi connectivity index (χ3n) is 6.26. The molecular weight excluding hydrogens is 374 g/mol. The second kappa shape index (κ2) is 9.90. The highest BCUT2D eigenvalue weighted by molar-refractivity contribution is 5.89. The molecule has 0 saturated carbocycles. The van der Waals surface area contributed by atoms with E-state index in [1.807, 2.05) is 46.2 Å². The molecule has 2 aromatic rings. The van der Waals surface area contributed by atoms with Gasteiger partial charge in [-0.25, -0.2) is 0 Å². The lowest BCUT2D eigenvalue weighted by atomic mass is 9.99. The molecule has 2 aliphatic rings. The lowest BCUT2D eigenvalue weighted by Crippen LogP contribution is -2.53. The van der Waals surface area contributed by atoms with Crippen molar-refractivity contribution in [2.45, 2.75) is 31.7 Å². The van der Waals surface area contributed by atoms with Crippen LogP contribution in [-0.2, 0) is 16.0 Å². The minimum absolute atomic E-state index is 0.0687. The smallest absolute Gasteiger partial charge is 0.250 e. The van der Waals surface area contributed by atoms with Gasteiger partial charge in [0.2, 0.25) is 11.8 Å². The molecule has 2 fully saturated rings. The normalized spacial score (nSPS) is 19.0. The number of rotatable bonds is 6. The maximum atomic E-state index is 13.5. The van der Waals surface area contributed by atoms with E-state index < -0.39 is 6.04 Å². The number of carbonyl (C=O) groups is 2. The summed E-state index contributed by atoms with van der Waals surface area (Å²) in [7, 11) is 0. The predicted octanol–water partition coefficient (Wildman–Crippen LogP) is 3.13. The Hall–Kier alpha value is -2.66. The molecule has 1 unspecified atom stereocenters. The van der Waals surface area contributed by atoms with Gasteiger partial charge in [0.15, 0.2) is 0 Å². The monoisotopic (exact) mass is 405 g/mol. The van der Waals surface area contributed by atoms with Crippen molar-refractivity contribution in [3.63, 3.8) is 0 Å². The van der Waals surface area contributed by atoms with Crippen LogP contribution in [0.2, 0.25) is 0 Å². The number of hydrogen-bond donors (Lipinski definition) is 0. The van der Waals surface area contributed by atoms with Crippen LogP contribution in [0.15, 0.2) is 60.7 Å². The summed E-state index contributed by atoms with van der Waals surface area (Å²) in [6.45, 7) is 4.89. The van der Waals surface area contributed by atoms with Crippen LogP contribution in [0, 0.1) is 0 Å². The third kappa shape index (κ3) is 4.90. The van der Waals surface area contributed by atoms with Crippen molar-refractivity contribution in [1.82, 2.24) is 14.7 Å². The third-order valence-corrected chi connectivity index (χ3v) is 6.26. The SMILES string of the molecule is O=C(C(c1ccccc1)N1CCCCC1=O)N1CCN(CCc2ccccc2)CC1. The lowest BCUT2D eigenvalue weighted by molar-refractivity contribution is -0.148. The van der Waals surface area contributed by atoms with Gasteiger partial charge >= 0.3 is 0 Å². The quantitative estimate of drug-likeness (QED) is 0.742. The Morgan fingerprint density at radius 2 is 1.50 bits per heavy atom. The van der Waals surface area contributed by atoms with E-state index in [1.165, 1.54) is 5.56 Å². The molecule has 2 aliphatic heterocycles. The fourth-order valence-electron chi connectivity index (χ4n) is 4.49. The molecule has 2 amide bonds. The van der Waals surface area contributed by atoms with Crippen molar-refractivity contribution in [2.75, 3.05) is 39.3 Å². The summed E-state index contributed by atoms with van der Waals surface area (Å²) in [5.41, 5.74) is 2.27. The molecule has 158 valence electrons. The van der Waals surface area contributed by atoms with E-state index in [0.717, 1.165) is 57.5 Å². The molecule has 30 heavy (non-hydrogen) atoms. The van der Waals surface area contributed by atoms with E-state index >= 15 is 0 Å². The van der Waals surface area contributed by atoms with Crippen molar-refractivity contribution in [3.05, 3.63) is 71.8 Å². The van der Waals surface area contributed by atoms with Gasteiger partial charge in [0.05, 0.1) is 0 Å². The summed E-state index contributed by atoms with van der Waals surface area (Å²) < 4.78 is 0. The number of amides is 2. The van der Waals surface area contributed by atoms with E-state index in [0.29, 0.717) is 13.0 Å². The molecule has 0 aromatic heterocycles. The highest BCUT2D eigenvalue weighted by Gasteiger charge is 2.36. The Morgan fingerprint density at radius 1 is 0.833 bits per heavy atom. The highest BCUT2D eigenvalue weighted by atomic mass is 16.2. The summed E-state index contributed by atoms with van der Waals surface area (Å²) in [5.74, 6) is 0.170. The van der Waals surface area contributed by atoms with Crippen LogP contribution in [-0.4, -0.2) is 65.8 Å². The Morgan fingerprint density at radius 3 is 2.17 bits per heavy atom. The fourth-order valence-corrected chi connectivity index (χ4v) is 4.49. The first kappa shape index (κ1) is 20.6. The molecule has 5 heteroatoms. The predicted molar refractivity (Wildman–Crippen MR) is 118 cm³/mol. The number of benzene rings is 2. The summed E-state index contributed by atoms with van der Waals surface area (Å²) in [4.78, 5) is 32.4. The van der Waals surface area contributed by atoms with Gasteiger partial charge in [-0.2, -0.15) is 0 Å². The van der Waals surface area contributed by atoms with Crippen LogP contribution in [0.25, 0.3) is 0 Å². The van der Waals surface area contributed by atoms with E-state index in [9.17, 15) is 9.59 Å². The molecule has 0 radical (unpaired) electrons. The minimum atomic E-state index is -0.491. The summed E-state index contributed by atoms with van der Waals surface area (Å²) in [6.07, 6.45) is 3.47. The number of likely N-dealkylation sites (tertiary alicyclic amines) is 1. The van der Waals surface area contributed by atoms with Gasteiger partial charge in [-0.15, -0.1) is 0 Å². The molecule has 0 N–H and O–H groups in total. The van der Waals surface area contributed by atoms with Gasteiger partial charge in [0.25, 0.3) is 0 Å². The number of hydrogen-bond acceptors (Lipinski definition) is 3. The van der Waals surface area contributed by atoms with Gasteiger partial charge in [-0.1, -0.05) is 60.7 Å². The molecule has 0 bridgehead atoms. The second-order valence-electron chi connectivity index (χ2n) is 8.26. The number of piperazine rings is 1.